The Morgan fingerprint density at radius 3 is 2.47 bits per heavy atom. The van der Waals surface area contributed by atoms with Crippen LogP contribution in [0.1, 0.15) is 52.9 Å². The standard InChI is InChI=1S/C13H22O2/c1-12(2)10-6-7-13(12,3)8-9(10)4-5-11(14)15/h9-10H,4-8H2,1-3H3,(H,14,15). The van der Waals surface area contributed by atoms with Crippen molar-refractivity contribution in [3.63, 3.8) is 0 Å². The van der Waals surface area contributed by atoms with Crippen LogP contribution in [0.25, 0.3) is 0 Å². The molecule has 3 unspecified atom stereocenters. The summed E-state index contributed by atoms with van der Waals surface area (Å²) in [5.74, 6) is 0.789. The average molecular weight is 210 g/mol. The van der Waals surface area contributed by atoms with E-state index in [1.54, 1.807) is 0 Å². The number of hydrogen-bond acceptors (Lipinski definition) is 1. The first-order valence-corrected chi connectivity index (χ1v) is 6.09. The first kappa shape index (κ1) is 11.0. The first-order valence-electron chi connectivity index (χ1n) is 6.09. The molecule has 0 aromatic rings. The highest BCUT2D eigenvalue weighted by atomic mass is 16.4. The Bertz CT molecular complexity index is 280. The number of carbonyl (C=O) groups is 1. The third-order valence-corrected chi connectivity index (χ3v) is 5.50. The van der Waals surface area contributed by atoms with Gasteiger partial charge in [0.25, 0.3) is 0 Å². The molecule has 86 valence electrons. The van der Waals surface area contributed by atoms with E-state index in [1.165, 1.54) is 19.3 Å². The summed E-state index contributed by atoms with van der Waals surface area (Å²) in [6, 6.07) is 0. The van der Waals surface area contributed by atoms with Crippen LogP contribution in [0.2, 0.25) is 0 Å². The van der Waals surface area contributed by atoms with E-state index in [4.69, 9.17) is 5.11 Å². The lowest BCUT2D eigenvalue weighted by Gasteiger charge is -2.34. The molecular weight excluding hydrogens is 188 g/mol. The molecule has 0 saturated heterocycles. The molecule has 0 aromatic carbocycles. The molecule has 0 amide bonds. The summed E-state index contributed by atoms with van der Waals surface area (Å²) in [5.41, 5.74) is 0.900. The summed E-state index contributed by atoms with van der Waals surface area (Å²) in [7, 11) is 0. The van der Waals surface area contributed by atoms with Crippen molar-refractivity contribution in [1.82, 2.24) is 0 Å². The molecule has 2 fully saturated rings. The topological polar surface area (TPSA) is 37.3 Å². The molecule has 0 radical (unpaired) electrons. The summed E-state index contributed by atoms with van der Waals surface area (Å²) in [5, 5.41) is 8.74. The van der Waals surface area contributed by atoms with Gasteiger partial charge >= 0.3 is 5.97 Å². The molecule has 2 bridgehead atoms. The third kappa shape index (κ3) is 1.49. The highest BCUT2D eigenvalue weighted by Crippen LogP contribution is 2.68. The van der Waals surface area contributed by atoms with Gasteiger partial charge in [-0.2, -0.15) is 0 Å². The Labute approximate surface area is 92.1 Å². The van der Waals surface area contributed by atoms with Crippen molar-refractivity contribution in [2.75, 3.05) is 0 Å². The van der Waals surface area contributed by atoms with E-state index in [1.807, 2.05) is 0 Å². The summed E-state index contributed by atoms with van der Waals surface area (Å²) < 4.78 is 0. The Morgan fingerprint density at radius 1 is 1.40 bits per heavy atom. The van der Waals surface area contributed by atoms with Crippen LogP contribution < -0.4 is 0 Å². The zero-order valence-corrected chi connectivity index (χ0v) is 10.0. The largest absolute Gasteiger partial charge is 0.481 e. The lowest BCUT2D eigenvalue weighted by atomic mass is 9.71. The Kier molecular flexibility index (Phi) is 2.36. The molecule has 2 nitrogen and oxygen atoms in total. The molecule has 2 rings (SSSR count). The minimum Gasteiger partial charge on any atom is -0.481 e. The zero-order valence-electron chi connectivity index (χ0n) is 10.0. The fraction of sp³-hybridized carbons (Fsp3) is 0.923. The fourth-order valence-electron chi connectivity index (χ4n) is 4.13. The van der Waals surface area contributed by atoms with Crippen molar-refractivity contribution in [3.8, 4) is 0 Å². The van der Waals surface area contributed by atoms with Gasteiger partial charge in [0.1, 0.15) is 0 Å². The number of fused-ring (bicyclic) bond motifs is 2. The van der Waals surface area contributed by atoms with Gasteiger partial charge in [0.2, 0.25) is 0 Å². The molecule has 0 aromatic heterocycles. The van der Waals surface area contributed by atoms with E-state index < -0.39 is 5.97 Å². The second-order valence-electron chi connectivity index (χ2n) is 6.32. The van der Waals surface area contributed by atoms with Gasteiger partial charge in [-0.25, -0.2) is 0 Å². The van der Waals surface area contributed by atoms with Gasteiger partial charge in [-0.05, 0) is 48.3 Å². The molecule has 0 spiro atoms. The quantitative estimate of drug-likeness (QED) is 0.776. The van der Waals surface area contributed by atoms with Crippen LogP contribution >= 0.6 is 0 Å². The van der Waals surface area contributed by atoms with Crippen LogP contribution in [0.15, 0.2) is 0 Å². The highest BCUT2D eigenvalue weighted by molar-refractivity contribution is 5.66. The van der Waals surface area contributed by atoms with Gasteiger partial charge in [0.15, 0.2) is 0 Å². The Morgan fingerprint density at radius 2 is 2.07 bits per heavy atom. The van der Waals surface area contributed by atoms with Crippen molar-refractivity contribution in [1.29, 1.82) is 0 Å². The fourth-order valence-corrected chi connectivity index (χ4v) is 4.13. The number of carboxylic acid groups (broad SMARTS) is 1. The average Bonchev–Trinajstić information content (AvgIpc) is 2.45. The lowest BCUT2D eigenvalue weighted by Crippen LogP contribution is -2.26. The predicted octanol–water partition coefficient (Wildman–Crippen LogP) is 3.31. The van der Waals surface area contributed by atoms with Crippen LogP contribution in [0, 0.1) is 22.7 Å². The van der Waals surface area contributed by atoms with Gasteiger partial charge in [0.05, 0.1) is 0 Å². The maximum absolute atomic E-state index is 10.6. The molecule has 3 atom stereocenters. The third-order valence-electron chi connectivity index (χ3n) is 5.50. The molecule has 2 aliphatic rings. The number of aliphatic carboxylic acids is 1. The van der Waals surface area contributed by atoms with E-state index in [-0.39, 0.29) is 0 Å². The van der Waals surface area contributed by atoms with E-state index >= 15 is 0 Å². The molecule has 0 heterocycles. The van der Waals surface area contributed by atoms with Crippen molar-refractivity contribution < 1.29 is 9.90 Å². The van der Waals surface area contributed by atoms with Gasteiger partial charge in [-0.1, -0.05) is 20.8 Å². The number of carboxylic acids is 1. The Hall–Kier alpha value is -0.530. The van der Waals surface area contributed by atoms with E-state index in [2.05, 4.69) is 20.8 Å². The first-order chi connectivity index (χ1) is 6.87. The van der Waals surface area contributed by atoms with Crippen LogP contribution in [0.4, 0.5) is 0 Å². The van der Waals surface area contributed by atoms with Crippen LogP contribution in [0.5, 0.6) is 0 Å². The van der Waals surface area contributed by atoms with Crippen molar-refractivity contribution in [3.05, 3.63) is 0 Å². The van der Waals surface area contributed by atoms with Crippen molar-refractivity contribution >= 4 is 5.97 Å². The molecule has 2 saturated carbocycles. The van der Waals surface area contributed by atoms with Gasteiger partial charge in [-0.3, -0.25) is 4.79 Å². The summed E-state index contributed by atoms with van der Waals surface area (Å²) in [6.07, 6.45) is 5.15. The molecule has 0 aliphatic heterocycles. The van der Waals surface area contributed by atoms with E-state index in [0.29, 0.717) is 23.2 Å². The second kappa shape index (κ2) is 3.23. The van der Waals surface area contributed by atoms with Gasteiger partial charge in [0, 0.05) is 6.42 Å². The molecule has 2 heteroatoms. The second-order valence-corrected chi connectivity index (χ2v) is 6.32. The van der Waals surface area contributed by atoms with Crippen LogP contribution in [0.3, 0.4) is 0 Å². The van der Waals surface area contributed by atoms with Gasteiger partial charge < -0.3 is 5.11 Å². The van der Waals surface area contributed by atoms with E-state index in [0.717, 1.165) is 12.3 Å². The number of rotatable bonds is 3. The molecular formula is C13H22O2. The number of hydrogen-bond donors (Lipinski definition) is 1. The Balaban J connectivity index is 2.05. The summed E-state index contributed by atoms with van der Waals surface area (Å²) >= 11 is 0. The van der Waals surface area contributed by atoms with Crippen LogP contribution in [-0.2, 0) is 4.79 Å². The minimum atomic E-state index is -0.638. The predicted molar refractivity (Wildman–Crippen MR) is 59.6 cm³/mol. The summed E-state index contributed by atoms with van der Waals surface area (Å²) in [4.78, 5) is 10.6. The molecule has 15 heavy (non-hydrogen) atoms. The lowest BCUT2D eigenvalue weighted by molar-refractivity contribution is -0.137. The monoisotopic (exact) mass is 210 g/mol. The zero-order chi connectivity index (χ0) is 11.3. The van der Waals surface area contributed by atoms with Crippen LogP contribution in [-0.4, -0.2) is 11.1 Å². The molecule has 2 aliphatic carbocycles. The van der Waals surface area contributed by atoms with Gasteiger partial charge in [-0.15, -0.1) is 0 Å². The maximum Gasteiger partial charge on any atom is 0.303 e. The smallest absolute Gasteiger partial charge is 0.303 e. The highest BCUT2D eigenvalue weighted by Gasteiger charge is 2.59. The van der Waals surface area contributed by atoms with Crippen molar-refractivity contribution in [2.24, 2.45) is 22.7 Å². The maximum atomic E-state index is 10.6. The van der Waals surface area contributed by atoms with Crippen molar-refractivity contribution in [2.45, 2.75) is 52.9 Å². The molecule has 1 N–H and O–H groups in total. The minimum absolute atomic E-state index is 0.354. The normalized spacial score (nSPS) is 42.1. The summed E-state index contributed by atoms with van der Waals surface area (Å²) in [6.45, 7) is 7.16. The SMILES string of the molecule is CC12CCC(C(CCC(=O)O)C1)C2(C)C. The van der Waals surface area contributed by atoms with E-state index in [9.17, 15) is 4.79 Å².